The van der Waals surface area contributed by atoms with Gasteiger partial charge < -0.3 is 10.4 Å². The molecule has 5 heteroatoms. The van der Waals surface area contributed by atoms with Gasteiger partial charge in [0.05, 0.1) is 10.7 Å². The van der Waals surface area contributed by atoms with Gasteiger partial charge in [0.25, 0.3) is 5.91 Å². The molecule has 0 aliphatic carbocycles. The Morgan fingerprint density at radius 1 is 1.39 bits per heavy atom. The van der Waals surface area contributed by atoms with Crippen molar-refractivity contribution in [2.24, 2.45) is 5.41 Å². The van der Waals surface area contributed by atoms with Crippen LogP contribution in [0.3, 0.4) is 0 Å². The molecule has 0 saturated carbocycles. The first kappa shape index (κ1) is 17.6. The molecule has 1 amide bonds. The Labute approximate surface area is 141 Å². The number of carbonyl (C=O) groups excluding carboxylic acids is 1. The van der Waals surface area contributed by atoms with Crippen molar-refractivity contribution in [2.75, 3.05) is 6.61 Å². The van der Waals surface area contributed by atoms with Crippen molar-refractivity contribution in [3.05, 3.63) is 40.2 Å². The molecule has 0 radical (unpaired) electrons. The van der Waals surface area contributed by atoms with E-state index in [1.54, 1.807) is 17.4 Å². The van der Waals surface area contributed by atoms with Crippen molar-refractivity contribution < 1.29 is 9.90 Å². The number of rotatable bonds is 5. The van der Waals surface area contributed by atoms with Crippen molar-refractivity contribution in [1.82, 2.24) is 10.3 Å². The van der Waals surface area contributed by atoms with Gasteiger partial charge in [0.15, 0.2) is 0 Å². The lowest BCUT2D eigenvalue weighted by molar-refractivity contribution is 0.0885. The van der Waals surface area contributed by atoms with Crippen LogP contribution < -0.4 is 5.32 Å². The van der Waals surface area contributed by atoms with Gasteiger partial charge in [-0.05, 0) is 30.9 Å². The fourth-order valence-electron chi connectivity index (χ4n) is 2.41. The third-order valence-corrected chi connectivity index (χ3v) is 4.58. The van der Waals surface area contributed by atoms with Crippen LogP contribution in [0.15, 0.2) is 29.6 Å². The van der Waals surface area contributed by atoms with Crippen molar-refractivity contribution in [3.8, 4) is 11.3 Å². The summed E-state index contributed by atoms with van der Waals surface area (Å²) in [6, 6.07) is 7.42. The molecule has 0 fully saturated rings. The average molecular weight is 332 g/mol. The summed E-state index contributed by atoms with van der Waals surface area (Å²) in [7, 11) is 0. The van der Waals surface area contributed by atoms with E-state index in [1.165, 1.54) is 0 Å². The maximum atomic E-state index is 12.6. The summed E-state index contributed by atoms with van der Waals surface area (Å²) < 4.78 is 0. The van der Waals surface area contributed by atoms with Gasteiger partial charge in [-0.1, -0.05) is 32.9 Å². The van der Waals surface area contributed by atoms with Gasteiger partial charge in [-0.3, -0.25) is 4.79 Å². The minimum absolute atomic E-state index is 0.0559. The van der Waals surface area contributed by atoms with Gasteiger partial charge >= 0.3 is 0 Å². The number of hydrogen-bond donors (Lipinski definition) is 2. The quantitative estimate of drug-likeness (QED) is 0.878. The molecule has 2 rings (SSSR count). The van der Waals surface area contributed by atoms with E-state index in [0.717, 1.165) is 16.3 Å². The molecule has 4 nitrogen and oxygen atoms in total. The molecule has 0 aliphatic rings. The third-order valence-electron chi connectivity index (χ3n) is 3.81. The number of nitrogens with one attached hydrogen (secondary N) is 1. The second-order valence-corrected chi connectivity index (χ2v) is 7.80. The smallest absolute Gasteiger partial charge is 0.251 e. The van der Waals surface area contributed by atoms with Gasteiger partial charge in [-0.2, -0.15) is 0 Å². The van der Waals surface area contributed by atoms with Crippen molar-refractivity contribution in [2.45, 2.75) is 40.2 Å². The van der Waals surface area contributed by atoms with Crippen molar-refractivity contribution >= 4 is 17.2 Å². The first-order valence-corrected chi connectivity index (χ1v) is 8.63. The van der Waals surface area contributed by atoms with Crippen LogP contribution in [0.25, 0.3) is 11.3 Å². The van der Waals surface area contributed by atoms with Crippen LogP contribution in [0.1, 0.15) is 42.6 Å². The number of hydrogen-bond acceptors (Lipinski definition) is 4. The summed E-state index contributed by atoms with van der Waals surface area (Å²) in [4.78, 5) is 17.0. The number of aliphatic hydroxyl groups is 1. The van der Waals surface area contributed by atoms with E-state index in [9.17, 15) is 9.90 Å². The highest BCUT2D eigenvalue weighted by Gasteiger charge is 2.26. The predicted octanol–water partition coefficient (Wildman–Crippen LogP) is 3.65. The molecule has 124 valence electrons. The zero-order valence-corrected chi connectivity index (χ0v) is 14.9. The molecule has 1 heterocycles. The topological polar surface area (TPSA) is 62.2 Å². The number of thiazole rings is 1. The average Bonchev–Trinajstić information content (AvgIpc) is 2.92. The highest BCUT2D eigenvalue weighted by atomic mass is 32.1. The van der Waals surface area contributed by atoms with Gasteiger partial charge in [-0.15, -0.1) is 11.3 Å². The second kappa shape index (κ2) is 7.23. The van der Waals surface area contributed by atoms with E-state index in [4.69, 9.17) is 0 Å². The van der Waals surface area contributed by atoms with Gasteiger partial charge in [0.2, 0.25) is 0 Å². The van der Waals surface area contributed by atoms with Crippen LogP contribution in [0, 0.1) is 12.3 Å². The molecular weight excluding hydrogens is 308 g/mol. The molecule has 1 atom stereocenters. The molecule has 1 unspecified atom stereocenters. The van der Waals surface area contributed by atoms with Crippen LogP contribution in [0.2, 0.25) is 0 Å². The summed E-state index contributed by atoms with van der Waals surface area (Å²) in [5.41, 5.74) is 2.34. The molecule has 0 spiro atoms. The van der Waals surface area contributed by atoms with Crippen LogP contribution >= 0.6 is 11.3 Å². The number of aromatic nitrogens is 1. The Kier molecular flexibility index (Phi) is 5.55. The zero-order chi connectivity index (χ0) is 17.0. The predicted molar refractivity (Wildman–Crippen MR) is 94.7 cm³/mol. The van der Waals surface area contributed by atoms with E-state index < -0.39 is 0 Å². The molecule has 0 bridgehead atoms. The Balaban J connectivity index is 2.19. The number of nitrogens with zero attached hydrogens (tertiary/aromatic N) is 1. The number of aliphatic hydroxyl groups excluding tert-OH is 1. The molecule has 2 N–H and O–H groups in total. The van der Waals surface area contributed by atoms with E-state index >= 15 is 0 Å². The van der Waals surface area contributed by atoms with Crippen LogP contribution in [-0.2, 0) is 0 Å². The number of carbonyl (C=O) groups is 1. The number of benzene rings is 1. The van der Waals surface area contributed by atoms with E-state index in [-0.39, 0.29) is 24.0 Å². The summed E-state index contributed by atoms with van der Waals surface area (Å²) in [6.45, 7) is 8.19. The molecule has 0 saturated heterocycles. The second-order valence-electron chi connectivity index (χ2n) is 6.74. The maximum Gasteiger partial charge on any atom is 0.251 e. The molecule has 0 aliphatic heterocycles. The number of amides is 1. The minimum atomic E-state index is -0.118. The Morgan fingerprint density at radius 2 is 2.13 bits per heavy atom. The highest BCUT2D eigenvalue weighted by Crippen LogP contribution is 2.24. The number of aryl methyl sites for hydroxylation is 1. The largest absolute Gasteiger partial charge is 0.396 e. The van der Waals surface area contributed by atoms with Crippen LogP contribution in [0.5, 0.6) is 0 Å². The molecular formula is C18H24N2O2S. The van der Waals surface area contributed by atoms with Crippen molar-refractivity contribution in [3.63, 3.8) is 0 Å². The molecule has 1 aromatic heterocycles. The summed E-state index contributed by atoms with van der Waals surface area (Å²) in [5.74, 6) is -0.118. The maximum absolute atomic E-state index is 12.6. The van der Waals surface area contributed by atoms with Crippen molar-refractivity contribution in [1.29, 1.82) is 0 Å². The summed E-state index contributed by atoms with van der Waals surface area (Å²) in [6.07, 6.45) is 0.542. The Bertz CT molecular complexity index is 674. The van der Waals surface area contributed by atoms with E-state index in [1.807, 2.05) is 30.5 Å². The minimum Gasteiger partial charge on any atom is -0.396 e. The lowest BCUT2D eigenvalue weighted by atomic mass is 9.84. The Morgan fingerprint density at radius 3 is 2.70 bits per heavy atom. The fraction of sp³-hybridized carbons (Fsp3) is 0.444. The normalized spacial score (nSPS) is 12.9. The third kappa shape index (κ3) is 4.62. The van der Waals surface area contributed by atoms with Gasteiger partial charge in [0, 0.05) is 29.2 Å². The summed E-state index contributed by atoms with van der Waals surface area (Å²) >= 11 is 1.59. The summed E-state index contributed by atoms with van der Waals surface area (Å²) in [5, 5.41) is 15.3. The first-order valence-electron chi connectivity index (χ1n) is 7.75. The van der Waals surface area contributed by atoms with Gasteiger partial charge in [0.1, 0.15) is 0 Å². The van der Waals surface area contributed by atoms with E-state index in [0.29, 0.717) is 12.0 Å². The standard InChI is InChI=1S/C18H24N2O2S/c1-12-19-15(11-23-12)13-6-5-7-14(10-13)17(22)20-16(8-9-21)18(2,3)4/h5-7,10-11,16,21H,8-9H2,1-4H3,(H,20,22). The zero-order valence-electron chi connectivity index (χ0n) is 14.1. The Hall–Kier alpha value is -1.72. The van der Waals surface area contributed by atoms with Crippen LogP contribution in [0.4, 0.5) is 0 Å². The van der Waals surface area contributed by atoms with Gasteiger partial charge in [-0.25, -0.2) is 4.98 Å². The highest BCUT2D eigenvalue weighted by molar-refractivity contribution is 7.09. The monoisotopic (exact) mass is 332 g/mol. The molecule has 23 heavy (non-hydrogen) atoms. The lowest BCUT2D eigenvalue weighted by Crippen LogP contribution is -2.44. The SMILES string of the molecule is Cc1nc(-c2cccc(C(=O)NC(CCO)C(C)(C)C)c2)cs1. The first-order chi connectivity index (χ1) is 10.8. The van der Waals surface area contributed by atoms with E-state index in [2.05, 4.69) is 31.1 Å². The molecule has 1 aromatic carbocycles. The lowest BCUT2D eigenvalue weighted by Gasteiger charge is -2.31. The molecule has 2 aromatic rings. The van der Waals surface area contributed by atoms with Crippen LogP contribution in [-0.4, -0.2) is 28.6 Å². The fourth-order valence-corrected chi connectivity index (χ4v) is 3.03.